The molecule has 3 aliphatic rings. The number of para-hydroxylation sites is 2. The van der Waals surface area contributed by atoms with Gasteiger partial charge in [-0.3, -0.25) is 0 Å². The minimum Gasteiger partial charge on any atom is -0.748 e. The first-order chi connectivity index (χ1) is 32.1. The topological polar surface area (TPSA) is 144 Å². The van der Waals surface area contributed by atoms with Gasteiger partial charge in [0.05, 0.1) is 36.5 Å². The Hall–Kier alpha value is -5.79. The lowest BCUT2D eigenvalue weighted by atomic mass is 9.79. The normalized spacial score (nSPS) is 17.4. The number of benzene rings is 5. The van der Waals surface area contributed by atoms with Crippen LogP contribution in [0, 0.1) is 0 Å². The fourth-order valence-corrected chi connectivity index (χ4v) is 11.7. The third kappa shape index (κ3) is 9.48. The SMILES string of the molecule is CCCC[N+]1=C(/C=C/c2cc(/C=C/C3=[N+](CCCS(=O)(=O)[O-])c4ccc5ccccc5c4C3(C)C)cc(/C=C/C3=[N+](CCCS(=O)(=O)[O-])c4ccccc4C3(C)C)c2O)C(C)(C)c2ccccc21. The predicted octanol–water partition coefficient (Wildman–Crippen LogP) is 10.5. The molecule has 0 saturated carbocycles. The van der Waals surface area contributed by atoms with Crippen molar-refractivity contribution in [2.24, 2.45) is 0 Å². The molecule has 3 heterocycles. The molecule has 1 N–H and O–H groups in total. The van der Waals surface area contributed by atoms with Gasteiger partial charge in [0.15, 0.2) is 17.1 Å². The Morgan fingerprint density at radius 3 is 1.49 bits per heavy atom. The maximum Gasteiger partial charge on any atom is 0.210 e. The van der Waals surface area contributed by atoms with Gasteiger partial charge in [0.1, 0.15) is 25.4 Å². The summed E-state index contributed by atoms with van der Waals surface area (Å²) >= 11 is 0. The highest BCUT2D eigenvalue weighted by molar-refractivity contribution is 7.85. The fourth-order valence-electron chi connectivity index (χ4n) is 10.7. The van der Waals surface area contributed by atoms with E-state index < -0.39 is 42.6 Å². The standard InChI is InChI=1S/C56H61N3O7S2/c1-8-9-32-57-46-22-14-12-20-44(46)54(2,3)49(57)30-26-41-37-39(24-29-51-56(6,7)52-43-19-11-10-18-40(43)25-28-48(52)59(51)34-17-36-68(64,65)66)38-42(53(41)60)27-31-50-55(4,5)45-21-13-15-23-47(45)58(50)33-16-35-67(61,62)63/h10-15,18-31,37-38H,8-9,16-17,32-36H2,1-7H3/p+1. The van der Waals surface area contributed by atoms with Crippen LogP contribution in [-0.4, -0.2) is 93.0 Å². The van der Waals surface area contributed by atoms with Crippen molar-refractivity contribution < 1.29 is 44.8 Å². The second-order valence-electron chi connectivity index (χ2n) is 19.8. The van der Waals surface area contributed by atoms with Crippen LogP contribution in [0.5, 0.6) is 5.75 Å². The zero-order valence-corrected chi connectivity index (χ0v) is 41.8. The Morgan fingerprint density at radius 2 is 0.971 bits per heavy atom. The molecule has 5 aromatic carbocycles. The molecule has 0 aliphatic carbocycles. The molecule has 68 heavy (non-hydrogen) atoms. The van der Waals surface area contributed by atoms with Crippen molar-refractivity contribution in [3.8, 4) is 5.75 Å². The van der Waals surface area contributed by atoms with Gasteiger partial charge in [-0.05, 0) is 94.3 Å². The van der Waals surface area contributed by atoms with Crippen molar-refractivity contribution in [2.75, 3.05) is 31.1 Å². The van der Waals surface area contributed by atoms with Crippen LogP contribution in [0.3, 0.4) is 0 Å². The number of aromatic hydroxyl groups is 1. The van der Waals surface area contributed by atoms with E-state index in [9.17, 15) is 31.0 Å². The Labute approximate surface area is 402 Å². The second kappa shape index (κ2) is 18.6. The van der Waals surface area contributed by atoms with Crippen molar-refractivity contribution in [1.82, 2.24) is 0 Å². The summed E-state index contributed by atoms with van der Waals surface area (Å²) in [7, 11) is -8.83. The summed E-state index contributed by atoms with van der Waals surface area (Å²) in [4.78, 5) is 0. The van der Waals surface area contributed by atoms with E-state index in [1.807, 2.05) is 66.8 Å². The van der Waals surface area contributed by atoms with Crippen LogP contribution in [-0.2, 0) is 36.5 Å². The quantitative estimate of drug-likeness (QED) is 0.0722. The minimum absolute atomic E-state index is 0.0924. The largest absolute Gasteiger partial charge is 0.748 e. The fraction of sp³-hybridized carbons (Fsp3) is 0.339. The molecule has 0 saturated heterocycles. The van der Waals surface area contributed by atoms with E-state index in [-0.39, 0.29) is 24.0 Å². The second-order valence-corrected chi connectivity index (χ2v) is 22.9. The summed E-state index contributed by atoms with van der Waals surface area (Å²) in [5, 5.41) is 14.5. The Kier molecular flexibility index (Phi) is 13.3. The van der Waals surface area contributed by atoms with Gasteiger partial charge in [0, 0.05) is 95.0 Å². The molecule has 0 radical (unpaired) electrons. The van der Waals surface area contributed by atoms with Gasteiger partial charge in [-0.25, -0.2) is 16.8 Å². The molecule has 0 fully saturated rings. The van der Waals surface area contributed by atoms with Crippen molar-refractivity contribution in [3.05, 3.63) is 149 Å². The maximum atomic E-state index is 12.3. The Balaban J connectivity index is 1.27. The smallest absolute Gasteiger partial charge is 0.210 e. The summed E-state index contributed by atoms with van der Waals surface area (Å²) in [5.74, 6) is -0.855. The molecule has 10 nitrogen and oxygen atoms in total. The van der Waals surface area contributed by atoms with Crippen LogP contribution < -0.4 is 0 Å². The monoisotopic (exact) mass is 952 g/mol. The number of fused-ring (bicyclic) bond motifs is 5. The maximum absolute atomic E-state index is 12.3. The number of hydrogen-bond acceptors (Lipinski definition) is 7. The summed E-state index contributed by atoms with van der Waals surface area (Å²) < 4.78 is 77.0. The highest BCUT2D eigenvalue weighted by atomic mass is 32.2. The van der Waals surface area contributed by atoms with E-state index in [4.69, 9.17) is 0 Å². The number of nitrogens with zero attached hydrogens (tertiary/aromatic N) is 3. The summed E-state index contributed by atoms with van der Waals surface area (Å²) in [6.07, 6.45) is 14.5. The van der Waals surface area contributed by atoms with Gasteiger partial charge >= 0.3 is 0 Å². The van der Waals surface area contributed by atoms with Crippen LogP contribution in [0.15, 0.2) is 115 Å². The van der Waals surface area contributed by atoms with Gasteiger partial charge in [-0.15, -0.1) is 0 Å². The van der Waals surface area contributed by atoms with Gasteiger partial charge in [-0.1, -0.05) is 74.0 Å². The zero-order valence-electron chi connectivity index (χ0n) is 40.1. The Morgan fingerprint density at radius 1 is 0.529 bits per heavy atom. The lowest BCUT2D eigenvalue weighted by Crippen LogP contribution is -2.28. The molecule has 0 amide bonds. The first-order valence-corrected chi connectivity index (χ1v) is 26.7. The molecule has 0 unspecified atom stereocenters. The van der Waals surface area contributed by atoms with Crippen LogP contribution in [0.2, 0.25) is 0 Å². The summed E-state index contributed by atoms with van der Waals surface area (Å²) in [6, 6.07) is 32.8. The third-order valence-electron chi connectivity index (χ3n) is 14.1. The van der Waals surface area contributed by atoms with Crippen LogP contribution in [0.4, 0.5) is 17.1 Å². The van der Waals surface area contributed by atoms with Crippen molar-refractivity contribution in [3.63, 3.8) is 0 Å². The van der Waals surface area contributed by atoms with Gasteiger partial charge in [0.2, 0.25) is 17.1 Å². The molecular formula is C56H62N3O7S2+. The van der Waals surface area contributed by atoms with Crippen molar-refractivity contribution >= 4 is 83.4 Å². The number of phenols is 1. The van der Waals surface area contributed by atoms with Crippen LogP contribution in [0.1, 0.15) is 108 Å². The highest BCUT2D eigenvalue weighted by Gasteiger charge is 2.47. The summed E-state index contributed by atoms with van der Waals surface area (Å²) in [5.41, 5.74) is 10.2. The average Bonchev–Trinajstić information content (AvgIpc) is 3.74. The van der Waals surface area contributed by atoms with E-state index in [1.54, 1.807) is 0 Å². The van der Waals surface area contributed by atoms with Gasteiger partial charge in [-0.2, -0.15) is 13.7 Å². The zero-order chi connectivity index (χ0) is 48.8. The number of unbranched alkanes of at least 4 members (excludes halogenated alkanes) is 1. The van der Waals surface area contributed by atoms with Crippen LogP contribution in [0.25, 0.3) is 29.0 Å². The van der Waals surface area contributed by atoms with Crippen molar-refractivity contribution in [2.45, 2.75) is 90.4 Å². The van der Waals surface area contributed by atoms with E-state index >= 15 is 0 Å². The molecule has 3 aliphatic heterocycles. The third-order valence-corrected chi connectivity index (χ3v) is 15.7. The van der Waals surface area contributed by atoms with E-state index in [1.165, 1.54) is 11.3 Å². The number of hydrogen-bond donors (Lipinski definition) is 1. The van der Waals surface area contributed by atoms with Gasteiger partial charge in [0.25, 0.3) is 0 Å². The molecule has 0 atom stereocenters. The van der Waals surface area contributed by atoms with Crippen LogP contribution >= 0.6 is 0 Å². The van der Waals surface area contributed by atoms with E-state index in [0.29, 0.717) is 24.2 Å². The van der Waals surface area contributed by atoms with Crippen molar-refractivity contribution in [1.29, 1.82) is 0 Å². The lowest BCUT2D eigenvalue weighted by Gasteiger charge is -2.17. The number of rotatable bonds is 17. The van der Waals surface area contributed by atoms with E-state index in [0.717, 1.165) is 75.4 Å². The number of phenolic OH excluding ortho intramolecular Hbond substituents is 1. The molecule has 8 rings (SSSR count). The number of allylic oxidation sites excluding steroid dienone is 3. The molecule has 0 aromatic heterocycles. The van der Waals surface area contributed by atoms with E-state index in [2.05, 4.69) is 129 Å². The molecule has 0 spiro atoms. The highest BCUT2D eigenvalue weighted by Crippen LogP contribution is 2.46. The Bertz CT molecular complexity index is 3260. The van der Waals surface area contributed by atoms with Gasteiger partial charge < -0.3 is 14.2 Å². The lowest BCUT2D eigenvalue weighted by molar-refractivity contribution is -0.438. The first-order valence-electron chi connectivity index (χ1n) is 23.6. The minimum atomic E-state index is -4.42. The first kappa shape index (κ1) is 48.7. The molecule has 0 bridgehead atoms. The predicted molar refractivity (Wildman–Crippen MR) is 274 cm³/mol. The molecule has 12 heteroatoms. The molecule has 354 valence electrons. The molecule has 5 aromatic rings. The summed E-state index contributed by atoms with van der Waals surface area (Å²) in [6.45, 7) is 16.7. The molecular weight excluding hydrogens is 891 g/mol. The average molecular weight is 953 g/mol.